The molecule has 4 nitrogen and oxygen atoms in total. The maximum absolute atomic E-state index is 12.4. The highest BCUT2D eigenvalue weighted by atomic mass is 16.5. The second-order valence-electron chi connectivity index (χ2n) is 7.00. The zero-order chi connectivity index (χ0) is 17.3. The molecule has 25 heavy (non-hydrogen) atoms. The van der Waals surface area contributed by atoms with Gasteiger partial charge in [-0.25, -0.2) is 0 Å². The molecule has 5 rings (SSSR count). The third-order valence-corrected chi connectivity index (χ3v) is 5.89. The number of Topliss-reactive ketones (excluding diaryl/α,β-unsaturated/α-hetero) is 1. The third-order valence-electron chi connectivity index (χ3n) is 5.89. The van der Waals surface area contributed by atoms with E-state index in [0.717, 1.165) is 33.4 Å². The van der Waals surface area contributed by atoms with Gasteiger partial charge in [-0.15, -0.1) is 0 Å². The van der Waals surface area contributed by atoms with E-state index in [1.165, 1.54) is 0 Å². The van der Waals surface area contributed by atoms with Crippen LogP contribution in [0.2, 0.25) is 0 Å². The van der Waals surface area contributed by atoms with Crippen molar-refractivity contribution in [3.63, 3.8) is 0 Å². The minimum atomic E-state index is -0.0994. The largest absolute Gasteiger partial charge is 0.508 e. The number of fused-ring (bicyclic) bond motifs is 4. The Balaban J connectivity index is 1.88. The monoisotopic (exact) mass is 334 g/mol. The highest BCUT2D eigenvalue weighted by molar-refractivity contribution is 6.14. The van der Waals surface area contributed by atoms with E-state index in [9.17, 15) is 15.0 Å². The van der Waals surface area contributed by atoms with Crippen LogP contribution in [0.1, 0.15) is 51.4 Å². The fourth-order valence-electron chi connectivity index (χ4n) is 4.87. The van der Waals surface area contributed by atoms with Gasteiger partial charge in [0, 0.05) is 31.4 Å². The molecular weight excluding hydrogens is 316 g/mol. The summed E-state index contributed by atoms with van der Waals surface area (Å²) in [7, 11) is 1.69. The van der Waals surface area contributed by atoms with Gasteiger partial charge < -0.3 is 14.9 Å². The Morgan fingerprint density at radius 3 is 2.68 bits per heavy atom. The van der Waals surface area contributed by atoms with Crippen LogP contribution in [-0.2, 0) is 11.2 Å². The van der Waals surface area contributed by atoms with E-state index < -0.39 is 0 Å². The van der Waals surface area contributed by atoms with E-state index in [1.807, 2.05) is 18.2 Å². The van der Waals surface area contributed by atoms with Crippen LogP contribution >= 0.6 is 0 Å². The summed E-state index contributed by atoms with van der Waals surface area (Å²) in [5.74, 6) is 0.388. The van der Waals surface area contributed by atoms with Crippen molar-refractivity contribution in [1.29, 1.82) is 0 Å². The summed E-state index contributed by atoms with van der Waals surface area (Å²) in [6.07, 6.45) is 1.60. The van der Waals surface area contributed by atoms with Gasteiger partial charge in [0.05, 0.1) is 11.7 Å². The normalized spacial score (nSPS) is 23.3. The average molecular weight is 334 g/mol. The fraction of sp³-hybridized carbons (Fsp3) is 0.286. The van der Waals surface area contributed by atoms with E-state index >= 15 is 0 Å². The predicted octanol–water partition coefficient (Wildman–Crippen LogP) is 3.65. The molecule has 4 heteroatoms. The standard InChI is InChI=1S/C21H18O4/c1-25-17-9-13-10(3-2-4-14(13)22)18-11-5-7-15(23)21-16(24)8-6-12(19(11)21)20(17)18/h2-4,6,8,17,20,22,24H,5,7,9H2,1H3. The summed E-state index contributed by atoms with van der Waals surface area (Å²) >= 11 is 0. The van der Waals surface area contributed by atoms with Crippen molar-refractivity contribution in [2.75, 3.05) is 7.11 Å². The number of ketones is 1. The lowest BCUT2D eigenvalue weighted by atomic mass is 9.76. The number of ether oxygens (including phenoxy) is 1. The average Bonchev–Trinajstić information content (AvgIpc) is 2.95. The zero-order valence-corrected chi connectivity index (χ0v) is 13.9. The van der Waals surface area contributed by atoms with Crippen molar-refractivity contribution in [2.45, 2.75) is 31.3 Å². The number of phenols is 2. The van der Waals surface area contributed by atoms with E-state index in [2.05, 4.69) is 0 Å². The third kappa shape index (κ3) is 1.78. The Labute approximate surface area is 145 Å². The SMILES string of the molecule is COC1Cc2c(O)cccc2C2=C3CCC(=O)c4c(O)ccc(c43)C21. The quantitative estimate of drug-likeness (QED) is 0.835. The first kappa shape index (κ1) is 14.7. The van der Waals surface area contributed by atoms with Gasteiger partial charge in [0.2, 0.25) is 0 Å². The first-order valence-electron chi connectivity index (χ1n) is 8.58. The van der Waals surface area contributed by atoms with Crippen molar-refractivity contribution in [1.82, 2.24) is 0 Å². The molecule has 126 valence electrons. The summed E-state index contributed by atoms with van der Waals surface area (Å²) in [6, 6.07) is 9.16. The molecule has 0 spiro atoms. The molecule has 0 fully saturated rings. The maximum Gasteiger partial charge on any atom is 0.167 e. The van der Waals surface area contributed by atoms with Gasteiger partial charge in [-0.1, -0.05) is 18.2 Å². The number of phenolic OH excluding ortho intramolecular Hbond substituents is 2. The highest BCUT2D eigenvalue weighted by Crippen LogP contribution is 2.58. The predicted molar refractivity (Wildman–Crippen MR) is 93.8 cm³/mol. The number of carbonyl (C=O) groups excluding carboxylic acids is 1. The van der Waals surface area contributed by atoms with E-state index in [1.54, 1.807) is 19.2 Å². The number of carbonyl (C=O) groups is 1. The van der Waals surface area contributed by atoms with Crippen LogP contribution in [0, 0.1) is 0 Å². The number of allylic oxidation sites excluding steroid dienone is 1. The summed E-state index contributed by atoms with van der Waals surface area (Å²) in [5, 5.41) is 20.6. The van der Waals surface area contributed by atoms with Crippen LogP contribution in [-0.4, -0.2) is 29.2 Å². The molecule has 0 amide bonds. The Morgan fingerprint density at radius 1 is 1.04 bits per heavy atom. The summed E-state index contributed by atoms with van der Waals surface area (Å²) in [6.45, 7) is 0. The summed E-state index contributed by atoms with van der Waals surface area (Å²) in [5.41, 5.74) is 6.64. The molecule has 0 aliphatic heterocycles. The number of hydrogen-bond donors (Lipinski definition) is 2. The van der Waals surface area contributed by atoms with Gasteiger partial charge in [0.25, 0.3) is 0 Å². The van der Waals surface area contributed by atoms with Crippen LogP contribution in [0.5, 0.6) is 11.5 Å². The minimum Gasteiger partial charge on any atom is -0.508 e. The van der Waals surface area contributed by atoms with Crippen molar-refractivity contribution in [2.24, 2.45) is 0 Å². The van der Waals surface area contributed by atoms with E-state index in [0.29, 0.717) is 24.8 Å². The fourth-order valence-corrected chi connectivity index (χ4v) is 4.87. The Kier molecular flexibility index (Phi) is 2.92. The lowest BCUT2D eigenvalue weighted by Crippen LogP contribution is -2.28. The van der Waals surface area contributed by atoms with Crippen LogP contribution in [0.3, 0.4) is 0 Å². The molecule has 2 aromatic carbocycles. The molecule has 3 aliphatic rings. The first-order valence-corrected chi connectivity index (χ1v) is 8.58. The molecule has 0 bridgehead atoms. The van der Waals surface area contributed by atoms with Crippen LogP contribution < -0.4 is 0 Å². The maximum atomic E-state index is 12.4. The van der Waals surface area contributed by atoms with Crippen molar-refractivity contribution >= 4 is 16.9 Å². The second-order valence-corrected chi connectivity index (χ2v) is 7.00. The summed E-state index contributed by atoms with van der Waals surface area (Å²) in [4.78, 5) is 12.4. The molecule has 2 unspecified atom stereocenters. The highest BCUT2D eigenvalue weighted by Gasteiger charge is 2.45. The van der Waals surface area contributed by atoms with Crippen molar-refractivity contribution < 1.29 is 19.7 Å². The molecule has 2 atom stereocenters. The number of rotatable bonds is 1. The minimum absolute atomic E-state index is 0.00226. The Hall–Kier alpha value is -2.59. The molecular formula is C21H18O4. The molecule has 0 radical (unpaired) electrons. The van der Waals surface area contributed by atoms with Gasteiger partial charge in [0.1, 0.15) is 11.5 Å². The number of aromatic hydroxyl groups is 2. The number of methoxy groups -OCH3 is 1. The van der Waals surface area contributed by atoms with Gasteiger partial charge in [-0.3, -0.25) is 4.79 Å². The molecule has 2 aromatic rings. The first-order chi connectivity index (χ1) is 12.1. The van der Waals surface area contributed by atoms with Gasteiger partial charge in [0.15, 0.2) is 5.78 Å². The smallest absolute Gasteiger partial charge is 0.167 e. The van der Waals surface area contributed by atoms with Gasteiger partial charge >= 0.3 is 0 Å². The topological polar surface area (TPSA) is 66.8 Å². The van der Waals surface area contributed by atoms with E-state index in [4.69, 9.17) is 4.74 Å². The van der Waals surface area contributed by atoms with Crippen molar-refractivity contribution in [3.05, 3.63) is 58.1 Å². The second kappa shape index (κ2) is 4.96. The molecule has 0 saturated heterocycles. The van der Waals surface area contributed by atoms with Crippen LogP contribution in [0.15, 0.2) is 30.3 Å². The van der Waals surface area contributed by atoms with Gasteiger partial charge in [-0.2, -0.15) is 0 Å². The Bertz CT molecular complexity index is 970. The molecule has 3 aliphatic carbocycles. The Morgan fingerprint density at radius 2 is 1.88 bits per heavy atom. The molecule has 2 N–H and O–H groups in total. The number of hydrogen-bond acceptors (Lipinski definition) is 4. The van der Waals surface area contributed by atoms with E-state index in [-0.39, 0.29) is 29.3 Å². The van der Waals surface area contributed by atoms with Crippen LogP contribution in [0.25, 0.3) is 11.1 Å². The molecule has 0 aromatic heterocycles. The summed E-state index contributed by atoms with van der Waals surface area (Å²) < 4.78 is 5.79. The molecule has 0 saturated carbocycles. The van der Waals surface area contributed by atoms with Gasteiger partial charge in [-0.05, 0) is 46.4 Å². The lowest BCUT2D eigenvalue weighted by Gasteiger charge is -2.33. The zero-order valence-electron chi connectivity index (χ0n) is 13.9. The lowest BCUT2D eigenvalue weighted by molar-refractivity contribution is 0.0907. The van der Waals surface area contributed by atoms with Crippen molar-refractivity contribution in [3.8, 4) is 11.5 Å². The van der Waals surface area contributed by atoms with Crippen LogP contribution in [0.4, 0.5) is 0 Å². The molecule has 0 heterocycles. The number of benzene rings is 2.